The van der Waals surface area contributed by atoms with Gasteiger partial charge in [-0.15, -0.1) is 0 Å². The van der Waals surface area contributed by atoms with Crippen molar-refractivity contribution in [2.45, 2.75) is 32.1 Å². The number of rotatable bonds is 5. The third-order valence-electron chi connectivity index (χ3n) is 4.32. The Hall–Kier alpha value is -2.12. The van der Waals surface area contributed by atoms with E-state index in [1.807, 2.05) is 19.2 Å². The number of H-pyrrole nitrogens is 1. The molecule has 2 N–H and O–H groups in total. The zero-order chi connectivity index (χ0) is 17.5. The summed E-state index contributed by atoms with van der Waals surface area (Å²) in [4.78, 5) is 3.50. The third-order valence-corrected chi connectivity index (χ3v) is 6.03. The molecule has 2 aromatic heterocycles. The molecular formula is C17H22N4O2S. The topological polar surface area (TPSA) is 79.8 Å². The number of nitrogens with zero attached hydrogens (tertiary/aromatic N) is 2. The summed E-state index contributed by atoms with van der Waals surface area (Å²) in [5.74, 6) is 0. The van der Waals surface area contributed by atoms with Gasteiger partial charge in [-0.3, -0.25) is 4.68 Å². The molecule has 0 unspecified atom stereocenters. The van der Waals surface area contributed by atoms with Gasteiger partial charge in [0.1, 0.15) is 4.90 Å². The molecular weight excluding hydrogens is 324 g/mol. The van der Waals surface area contributed by atoms with Gasteiger partial charge < -0.3 is 4.98 Å². The van der Waals surface area contributed by atoms with E-state index in [2.05, 4.69) is 26.9 Å². The molecule has 3 rings (SSSR count). The molecule has 0 aliphatic heterocycles. The van der Waals surface area contributed by atoms with E-state index in [9.17, 15) is 8.42 Å². The highest BCUT2D eigenvalue weighted by atomic mass is 32.2. The van der Waals surface area contributed by atoms with Crippen LogP contribution in [0, 0.1) is 20.8 Å². The van der Waals surface area contributed by atoms with Crippen LogP contribution < -0.4 is 4.72 Å². The van der Waals surface area contributed by atoms with E-state index < -0.39 is 10.0 Å². The van der Waals surface area contributed by atoms with Gasteiger partial charge in [0.05, 0.1) is 11.4 Å². The lowest BCUT2D eigenvalue weighted by molar-refractivity contribution is 0.580. The summed E-state index contributed by atoms with van der Waals surface area (Å²) in [5.41, 5.74) is 4.52. The average molecular weight is 346 g/mol. The first-order chi connectivity index (χ1) is 11.3. The van der Waals surface area contributed by atoms with Crippen molar-refractivity contribution in [2.24, 2.45) is 7.05 Å². The summed E-state index contributed by atoms with van der Waals surface area (Å²) in [6.07, 6.45) is 2.57. The van der Waals surface area contributed by atoms with E-state index in [0.29, 0.717) is 24.4 Å². The van der Waals surface area contributed by atoms with Crippen molar-refractivity contribution in [1.82, 2.24) is 19.5 Å². The quantitative estimate of drug-likeness (QED) is 0.744. The van der Waals surface area contributed by atoms with Gasteiger partial charge in [0.15, 0.2) is 0 Å². The molecule has 24 heavy (non-hydrogen) atoms. The summed E-state index contributed by atoms with van der Waals surface area (Å²) in [6.45, 7) is 5.87. The highest BCUT2D eigenvalue weighted by molar-refractivity contribution is 7.89. The summed E-state index contributed by atoms with van der Waals surface area (Å²) in [6, 6.07) is 6.21. The number of nitrogens with one attached hydrogen (secondary N) is 2. The van der Waals surface area contributed by atoms with Crippen molar-refractivity contribution in [3.63, 3.8) is 0 Å². The van der Waals surface area contributed by atoms with Crippen LogP contribution in [-0.2, 0) is 23.5 Å². The molecule has 0 aliphatic rings. The van der Waals surface area contributed by atoms with Crippen LogP contribution in [-0.4, -0.2) is 29.7 Å². The largest absolute Gasteiger partial charge is 0.361 e. The van der Waals surface area contributed by atoms with Crippen LogP contribution in [0.5, 0.6) is 0 Å². The van der Waals surface area contributed by atoms with Crippen LogP contribution in [0.1, 0.15) is 22.5 Å². The molecule has 3 aromatic rings. The van der Waals surface area contributed by atoms with Gasteiger partial charge in [-0.1, -0.05) is 11.6 Å². The third kappa shape index (κ3) is 2.97. The Bertz CT molecular complexity index is 999. The number of aromatic amines is 1. The van der Waals surface area contributed by atoms with Crippen LogP contribution in [0.2, 0.25) is 0 Å². The van der Waals surface area contributed by atoms with Gasteiger partial charge in [0.2, 0.25) is 10.0 Å². The zero-order valence-corrected chi connectivity index (χ0v) is 15.2. The number of fused-ring (bicyclic) bond motifs is 1. The number of aryl methyl sites for hydroxylation is 3. The first-order valence-electron chi connectivity index (χ1n) is 7.86. The van der Waals surface area contributed by atoms with Crippen molar-refractivity contribution < 1.29 is 8.42 Å². The Morgan fingerprint density at radius 2 is 2.00 bits per heavy atom. The SMILES string of the molecule is Cc1ccc2[nH]cc(CCNS(=O)(=O)c3c(C)nn(C)c3C)c2c1. The highest BCUT2D eigenvalue weighted by Crippen LogP contribution is 2.21. The number of hydrogen-bond acceptors (Lipinski definition) is 3. The fraction of sp³-hybridized carbons (Fsp3) is 0.353. The Morgan fingerprint density at radius 1 is 1.25 bits per heavy atom. The first kappa shape index (κ1) is 16.7. The molecule has 0 saturated carbocycles. The Labute approximate surface area is 141 Å². The van der Waals surface area contributed by atoms with Crippen molar-refractivity contribution in [2.75, 3.05) is 6.54 Å². The first-order valence-corrected chi connectivity index (χ1v) is 9.34. The summed E-state index contributed by atoms with van der Waals surface area (Å²) in [5, 5.41) is 5.32. The van der Waals surface area contributed by atoms with Gasteiger partial charge in [0.25, 0.3) is 0 Å². The minimum absolute atomic E-state index is 0.278. The minimum atomic E-state index is -3.56. The van der Waals surface area contributed by atoms with Gasteiger partial charge in [-0.2, -0.15) is 5.10 Å². The molecule has 1 aromatic carbocycles. The lowest BCUT2D eigenvalue weighted by Crippen LogP contribution is -2.27. The van der Waals surface area contributed by atoms with Gasteiger partial charge in [0, 0.05) is 30.7 Å². The number of hydrogen-bond donors (Lipinski definition) is 2. The predicted molar refractivity (Wildman–Crippen MR) is 94.6 cm³/mol. The fourth-order valence-corrected chi connectivity index (χ4v) is 4.50. The minimum Gasteiger partial charge on any atom is -0.361 e. The maximum atomic E-state index is 12.6. The molecule has 0 fully saturated rings. The van der Waals surface area contributed by atoms with E-state index in [1.54, 1.807) is 25.6 Å². The maximum absolute atomic E-state index is 12.6. The van der Waals surface area contributed by atoms with E-state index in [4.69, 9.17) is 0 Å². The van der Waals surface area contributed by atoms with E-state index >= 15 is 0 Å². The van der Waals surface area contributed by atoms with Gasteiger partial charge >= 0.3 is 0 Å². The molecule has 0 atom stereocenters. The van der Waals surface area contributed by atoms with E-state index in [-0.39, 0.29) is 4.90 Å². The zero-order valence-electron chi connectivity index (χ0n) is 14.3. The molecule has 6 nitrogen and oxygen atoms in total. The second kappa shape index (κ2) is 6.07. The predicted octanol–water partition coefficient (Wildman–Crippen LogP) is 2.35. The van der Waals surface area contributed by atoms with Crippen LogP contribution in [0.3, 0.4) is 0 Å². The number of benzene rings is 1. The van der Waals surface area contributed by atoms with Gasteiger partial charge in [-0.05, 0) is 44.9 Å². The molecule has 0 aliphatic carbocycles. The maximum Gasteiger partial charge on any atom is 0.244 e. The molecule has 0 bridgehead atoms. The van der Waals surface area contributed by atoms with Crippen molar-refractivity contribution in [1.29, 1.82) is 0 Å². The van der Waals surface area contributed by atoms with Crippen LogP contribution in [0.15, 0.2) is 29.3 Å². The van der Waals surface area contributed by atoms with Crippen molar-refractivity contribution in [3.05, 3.63) is 46.9 Å². The van der Waals surface area contributed by atoms with Gasteiger partial charge in [-0.25, -0.2) is 13.1 Å². The Kier molecular flexibility index (Phi) is 4.23. The van der Waals surface area contributed by atoms with Crippen molar-refractivity contribution >= 4 is 20.9 Å². The Balaban J connectivity index is 1.76. The fourth-order valence-electron chi connectivity index (χ4n) is 3.03. The standard InChI is InChI=1S/C17H22N4O2S/c1-11-5-6-16-15(9-11)14(10-18-16)7-8-19-24(22,23)17-12(2)20-21(4)13(17)3/h5-6,9-10,18-19H,7-8H2,1-4H3. The van der Waals surface area contributed by atoms with Crippen molar-refractivity contribution in [3.8, 4) is 0 Å². The number of aromatic nitrogens is 3. The second-order valence-electron chi connectivity index (χ2n) is 6.13. The summed E-state index contributed by atoms with van der Waals surface area (Å²) >= 11 is 0. The molecule has 0 spiro atoms. The van der Waals surface area contributed by atoms with E-state index in [1.165, 1.54) is 5.56 Å². The lowest BCUT2D eigenvalue weighted by Gasteiger charge is -2.07. The summed E-state index contributed by atoms with van der Waals surface area (Å²) in [7, 11) is -1.81. The van der Waals surface area contributed by atoms with E-state index in [0.717, 1.165) is 16.5 Å². The highest BCUT2D eigenvalue weighted by Gasteiger charge is 2.23. The van der Waals surface area contributed by atoms with Crippen LogP contribution in [0.4, 0.5) is 0 Å². The molecule has 2 heterocycles. The monoisotopic (exact) mass is 346 g/mol. The molecule has 0 saturated heterocycles. The molecule has 0 amide bonds. The van der Waals surface area contributed by atoms with Crippen LogP contribution >= 0.6 is 0 Å². The molecule has 128 valence electrons. The smallest absolute Gasteiger partial charge is 0.244 e. The van der Waals surface area contributed by atoms with Crippen LogP contribution in [0.25, 0.3) is 10.9 Å². The molecule has 7 heteroatoms. The Morgan fingerprint density at radius 3 is 2.67 bits per heavy atom. The number of sulfonamides is 1. The average Bonchev–Trinajstić information content (AvgIpc) is 3.00. The second-order valence-corrected chi connectivity index (χ2v) is 7.84. The lowest BCUT2D eigenvalue weighted by atomic mass is 10.1. The normalized spacial score (nSPS) is 12.2. The summed E-state index contributed by atoms with van der Waals surface area (Å²) < 4.78 is 29.4. The molecule has 0 radical (unpaired) electrons.